The fourth-order valence-corrected chi connectivity index (χ4v) is 5.22. The quantitative estimate of drug-likeness (QED) is 0.256. The van der Waals surface area contributed by atoms with Gasteiger partial charge in [-0.15, -0.1) is 0 Å². The van der Waals surface area contributed by atoms with Gasteiger partial charge in [0, 0.05) is 16.7 Å². The Bertz CT molecular complexity index is 1780. The Labute approximate surface area is 229 Å². The first-order valence-corrected chi connectivity index (χ1v) is 12.9. The molecule has 0 saturated carbocycles. The van der Waals surface area contributed by atoms with Crippen molar-refractivity contribution in [2.45, 2.75) is 25.8 Å². The number of benzene rings is 3. The largest absolute Gasteiger partial charge is 0.494 e. The third-order valence-electron chi connectivity index (χ3n) is 7.01. The van der Waals surface area contributed by atoms with Crippen LogP contribution in [0.15, 0.2) is 84.9 Å². The lowest BCUT2D eigenvalue weighted by Crippen LogP contribution is -2.23. The van der Waals surface area contributed by atoms with E-state index in [2.05, 4.69) is 9.97 Å². The summed E-state index contributed by atoms with van der Waals surface area (Å²) in [5.41, 5.74) is 10.0. The Balaban J connectivity index is 1.58. The lowest BCUT2D eigenvalue weighted by Gasteiger charge is -2.31. The zero-order valence-electron chi connectivity index (χ0n) is 21.9. The van der Waals surface area contributed by atoms with E-state index in [1.54, 1.807) is 16.8 Å². The molecule has 0 bridgehead atoms. The van der Waals surface area contributed by atoms with Gasteiger partial charge in [-0.2, -0.15) is 5.10 Å². The number of carbonyl (C=O) groups excluding carboxylic acids is 1. The number of ether oxygens (including phenoxy) is 2. The van der Waals surface area contributed by atoms with Gasteiger partial charge >= 0.3 is 0 Å². The van der Waals surface area contributed by atoms with Crippen LogP contribution in [0.1, 0.15) is 36.9 Å². The van der Waals surface area contributed by atoms with Crippen LogP contribution in [-0.4, -0.2) is 32.6 Å². The van der Waals surface area contributed by atoms with Crippen molar-refractivity contribution in [1.82, 2.24) is 19.7 Å². The molecule has 0 aliphatic carbocycles. The summed E-state index contributed by atoms with van der Waals surface area (Å²) >= 11 is 0. The van der Waals surface area contributed by atoms with Gasteiger partial charge in [-0.05, 0) is 49.7 Å². The number of halogens is 1. The van der Waals surface area contributed by atoms with Gasteiger partial charge in [0.05, 0.1) is 17.9 Å². The number of carbonyl (C=O) groups is 1. The van der Waals surface area contributed by atoms with E-state index in [-0.39, 0.29) is 5.82 Å². The smallest absolute Gasteiger partial charge is 0.164 e. The number of hydrogen-bond acceptors (Lipinski definition) is 7. The number of nitrogens with zero attached hydrogens (tertiary/aromatic N) is 4. The Hall–Kier alpha value is -5.05. The molecule has 2 unspecified atom stereocenters. The summed E-state index contributed by atoms with van der Waals surface area (Å²) in [6, 6.07) is 20.5. The van der Waals surface area contributed by atoms with Crippen LogP contribution in [0.4, 0.5) is 10.2 Å². The maximum Gasteiger partial charge on any atom is 0.164 e. The number of nitrogens with two attached hydrogens (primary N) is 1. The Morgan fingerprint density at radius 2 is 1.88 bits per heavy atom. The maximum atomic E-state index is 14.4. The van der Waals surface area contributed by atoms with Crippen molar-refractivity contribution in [2.24, 2.45) is 0 Å². The predicted molar refractivity (Wildman–Crippen MR) is 150 cm³/mol. The van der Waals surface area contributed by atoms with Crippen LogP contribution in [0.3, 0.4) is 0 Å². The van der Waals surface area contributed by atoms with Crippen LogP contribution in [0.5, 0.6) is 11.5 Å². The van der Waals surface area contributed by atoms with Crippen LogP contribution in [0.25, 0.3) is 27.9 Å². The Kier molecular flexibility index (Phi) is 6.47. The summed E-state index contributed by atoms with van der Waals surface area (Å²) in [6.45, 7) is 4.34. The van der Waals surface area contributed by atoms with Crippen molar-refractivity contribution < 1.29 is 18.7 Å². The number of anilines is 1. The normalized spacial score (nSPS) is 15.4. The summed E-state index contributed by atoms with van der Waals surface area (Å²) in [6.07, 6.45) is 2.25. The van der Waals surface area contributed by atoms with E-state index in [4.69, 9.17) is 20.3 Å². The standard InChI is InChI=1S/C31H26FN5O3/c1-3-39-22-11-7-9-20(15-22)28-27-30(33)34-17-35-31(27)37(36-28)18(2)29-26(19-8-6-10-21(32)14-19)24(16-38)23-12-4-5-13-25(23)40-29/h4-18,24H,3H2,1-2H3,(H2,33,34,35). The zero-order valence-corrected chi connectivity index (χ0v) is 21.9. The Morgan fingerprint density at radius 1 is 1.07 bits per heavy atom. The highest BCUT2D eigenvalue weighted by atomic mass is 19.1. The van der Waals surface area contributed by atoms with E-state index in [1.165, 1.54) is 18.5 Å². The lowest BCUT2D eigenvalue weighted by atomic mass is 9.83. The summed E-state index contributed by atoms with van der Waals surface area (Å²) in [7, 11) is 0. The molecule has 0 amide bonds. The molecular weight excluding hydrogens is 509 g/mol. The highest BCUT2D eigenvalue weighted by Crippen LogP contribution is 2.46. The molecule has 5 aromatic rings. The van der Waals surface area contributed by atoms with E-state index < -0.39 is 17.8 Å². The molecule has 1 aliphatic rings. The van der Waals surface area contributed by atoms with Crippen molar-refractivity contribution in [3.8, 4) is 22.8 Å². The van der Waals surface area contributed by atoms with Crippen molar-refractivity contribution in [3.05, 3.63) is 102 Å². The molecule has 3 heterocycles. The van der Waals surface area contributed by atoms with Crippen LogP contribution < -0.4 is 15.2 Å². The maximum absolute atomic E-state index is 14.4. The fraction of sp³-hybridized carbons (Fsp3) is 0.161. The summed E-state index contributed by atoms with van der Waals surface area (Å²) < 4.78 is 28.3. The van der Waals surface area contributed by atoms with Crippen LogP contribution in [0.2, 0.25) is 0 Å². The highest BCUT2D eigenvalue weighted by molar-refractivity contribution is 5.98. The van der Waals surface area contributed by atoms with E-state index in [1.807, 2.05) is 62.4 Å². The van der Waals surface area contributed by atoms with Gasteiger partial charge in [0.25, 0.3) is 0 Å². The number of hydrogen-bond donors (Lipinski definition) is 1. The van der Waals surface area contributed by atoms with Gasteiger partial charge in [0.15, 0.2) is 5.65 Å². The minimum absolute atomic E-state index is 0.278. The number of aldehydes is 1. The topological polar surface area (TPSA) is 105 Å². The third kappa shape index (κ3) is 4.25. The second kappa shape index (κ2) is 10.3. The van der Waals surface area contributed by atoms with Gasteiger partial charge in [-0.25, -0.2) is 19.0 Å². The molecule has 0 radical (unpaired) electrons. The minimum atomic E-state index is -0.673. The molecule has 2 atom stereocenters. The number of para-hydroxylation sites is 1. The monoisotopic (exact) mass is 535 g/mol. The van der Waals surface area contributed by atoms with Crippen molar-refractivity contribution in [1.29, 1.82) is 0 Å². The van der Waals surface area contributed by atoms with E-state index in [0.717, 1.165) is 11.8 Å². The van der Waals surface area contributed by atoms with Gasteiger partial charge in [-0.1, -0.05) is 42.5 Å². The fourth-order valence-electron chi connectivity index (χ4n) is 5.22. The molecule has 8 nitrogen and oxygen atoms in total. The van der Waals surface area contributed by atoms with E-state index in [9.17, 15) is 9.18 Å². The number of rotatable bonds is 7. The van der Waals surface area contributed by atoms with Crippen molar-refractivity contribution in [3.63, 3.8) is 0 Å². The second-order valence-electron chi connectivity index (χ2n) is 9.43. The molecule has 2 aromatic heterocycles. The SMILES string of the molecule is CCOc1cccc(-c2nn(C(C)C3=C(c4cccc(F)c4)C(C=O)c4ccccc4O3)c3ncnc(N)c23)c1. The molecule has 0 saturated heterocycles. The molecule has 9 heteroatoms. The lowest BCUT2D eigenvalue weighted by molar-refractivity contribution is -0.108. The molecule has 200 valence electrons. The first-order valence-electron chi connectivity index (χ1n) is 12.9. The highest BCUT2D eigenvalue weighted by Gasteiger charge is 2.35. The Morgan fingerprint density at radius 3 is 2.67 bits per heavy atom. The number of nitrogen functional groups attached to an aromatic ring is 1. The summed E-state index contributed by atoms with van der Waals surface area (Å²) in [5, 5.41) is 5.53. The molecule has 3 aromatic carbocycles. The molecule has 1 aliphatic heterocycles. The minimum Gasteiger partial charge on any atom is -0.494 e. The van der Waals surface area contributed by atoms with E-state index >= 15 is 0 Å². The van der Waals surface area contributed by atoms with E-state index in [0.29, 0.717) is 57.3 Å². The second-order valence-corrected chi connectivity index (χ2v) is 9.43. The van der Waals surface area contributed by atoms with Gasteiger partial charge < -0.3 is 20.0 Å². The molecule has 2 N–H and O–H groups in total. The first-order chi connectivity index (χ1) is 19.5. The van der Waals surface area contributed by atoms with Crippen molar-refractivity contribution in [2.75, 3.05) is 12.3 Å². The molecule has 40 heavy (non-hydrogen) atoms. The summed E-state index contributed by atoms with van der Waals surface area (Å²) in [5.74, 6) is 0.896. The number of aromatic nitrogens is 4. The average molecular weight is 536 g/mol. The van der Waals surface area contributed by atoms with Gasteiger partial charge in [-0.3, -0.25) is 0 Å². The summed E-state index contributed by atoms with van der Waals surface area (Å²) in [4.78, 5) is 21.3. The number of allylic oxidation sites excluding steroid dienone is 2. The average Bonchev–Trinajstić information content (AvgIpc) is 3.37. The van der Waals surface area contributed by atoms with Crippen molar-refractivity contribution >= 4 is 28.7 Å². The first kappa shape index (κ1) is 25.2. The predicted octanol–water partition coefficient (Wildman–Crippen LogP) is 5.96. The van der Waals surface area contributed by atoms with Crippen LogP contribution in [0, 0.1) is 5.82 Å². The zero-order chi connectivity index (χ0) is 27.8. The molecular formula is C31H26FN5O3. The molecule has 0 fully saturated rings. The van der Waals surface area contributed by atoms with Gasteiger partial charge in [0.1, 0.15) is 53.2 Å². The molecule has 0 spiro atoms. The van der Waals surface area contributed by atoms with Crippen LogP contribution >= 0.6 is 0 Å². The number of fused-ring (bicyclic) bond motifs is 2. The molecule has 6 rings (SSSR count). The third-order valence-corrected chi connectivity index (χ3v) is 7.01. The van der Waals surface area contributed by atoms with Crippen LogP contribution in [-0.2, 0) is 4.79 Å². The van der Waals surface area contributed by atoms with Gasteiger partial charge in [0.2, 0.25) is 0 Å².